The number of hydrogen-bond acceptors (Lipinski definition) is 5. The molecule has 0 spiro atoms. The topological polar surface area (TPSA) is 86.8 Å². The number of carbonyl (C=O) groups is 1. The van der Waals surface area contributed by atoms with E-state index < -0.39 is 30.5 Å². The molecule has 1 atom stereocenters. The van der Waals surface area contributed by atoms with E-state index in [0.29, 0.717) is 30.6 Å². The summed E-state index contributed by atoms with van der Waals surface area (Å²) in [6.07, 6.45) is 0.575. The second-order valence-electron chi connectivity index (χ2n) is 6.65. The van der Waals surface area contributed by atoms with Gasteiger partial charge >= 0.3 is 6.18 Å². The van der Waals surface area contributed by atoms with E-state index in [1.165, 1.54) is 4.90 Å². The molecule has 1 aliphatic heterocycles. The van der Waals surface area contributed by atoms with E-state index in [9.17, 15) is 22.4 Å². The molecule has 0 unspecified atom stereocenters. The molecular weight excluding hydrogens is 392 g/mol. The van der Waals surface area contributed by atoms with E-state index >= 15 is 0 Å². The molecular formula is C18H16F4N6O. The molecule has 0 aromatic carbocycles. The number of rotatable bonds is 4. The Morgan fingerprint density at radius 1 is 1.34 bits per heavy atom. The molecule has 1 amide bonds. The number of amides is 1. The summed E-state index contributed by atoms with van der Waals surface area (Å²) >= 11 is 0. The van der Waals surface area contributed by atoms with Crippen LogP contribution in [0.25, 0.3) is 22.4 Å². The summed E-state index contributed by atoms with van der Waals surface area (Å²) in [5.74, 6) is -1.45. The van der Waals surface area contributed by atoms with Crippen LogP contribution in [0.1, 0.15) is 12.8 Å². The van der Waals surface area contributed by atoms with Crippen molar-refractivity contribution >= 4 is 22.8 Å². The van der Waals surface area contributed by atoms with Gasteiger partial charge in [0.05, 0.1) is 6.20 Å². The first-order valence-electron chi connectivity index (χ1n) is 8.89. The summed E-state index contributed by atoms with van der Waals surface area (Å²) in [4.78, 5) is 29.1. The van der Waals surface area contributed by atoms with Gasteiger partial charge in [0, 0.05) is 29.9 Å². The number of H-pyrrole nitrogens is 1. The zero-order valence-corrected chi connectivity index (χ0v) is 15.0. The molecule has 3 aromatic rings. The quantitative estimate of drug-likeness (QED) is 0.649. The van der Waals surface area contributed by atoms with Crippen LogP contribution in [-0.2, 0) is 4.79 Å². The highest BCUT2D eigenvalue weighted by atomic mass is 19.4. The van der Waals surface area contributed by atoms with Crippen LogP contribution in [0.2, 0.25) is 0 Å². The number of pyridine rings is 1. The molecule has 0 saturated carbocycles. The lowest BCUT2D eigenvalue weighted by molar-refractivity contribution is -0.139. The Labute approximate surface area is 162 Å². The fourth-order valence-electron chi connectivity index (χ4n) is 3.43. The van der Waals surface area contributed by atoms with Crippen LogP contribution in [0.15, 0.2) is 30.7 Å². The van der Waals surface area contributed by atoms with Gasteiger partial charge in [-0.05, 0) is 25.0 Å². The minimum Gasteiger partial charge on any atom is -0.345 e. The number of hydrogen-bond donors (Lipinski definition) is 2. The minimum atomic E-state index is -4.52. The molecule has 1 fully saturated rings. The largest absolute Gasteiger partial charge is 0.405 e. The number of halogens is 4. The van der Waals surface area contributed by atoms with Gasteiger partial charge in [0.15, 0.2) is 17.5 Å². The van der Waals surface area contributed by atoms with Crippen molar-refractivity contribution in [3.63, 3.8) is 0 Å². The molecule has 4 heterocycles. The molecule has 11 heteroatoms. The zero-order valence-electron chi connectivity index (χ0n) is 15.0. The van der Waals surface area contributed by atoms with Crippen molar-refractivity contribution in [2.45, 2.75) is 25.1 Å². The Morgan fingerprint density at radius 3 is 2.97 bits per heavy atom. The number of anilines is 1. The van der Waals surface area contributed by atoms with E-state index in [2.05, 4.69) is 19.9 Å². The van der Waals surface area contributed by atoms with E-state index in [1.54, 1.807) is 18.5 Å². The highest BCUT2D eigenvalue weighted by Crippen LogP contribution is 2.30. The summed E-state index contributed by atoms with van der Waals surface area (Å²) in [6, 6.07) is 2.62. The predicted molar refractivity (Wildman–Crippen MR) is 96.5 cm³/mol. The van der Waals surface area contributed by atoms with Gasteiger partial charge in [-0.25, -0.2) is 19.3 Å². The number of nitrogens with zero attached hydrogens (tertiary/aromatic N) is 4. The molecule has 152 valence electrons. The Bertz CT molecular complexity index is 1050. The van der Waals surface area contributed by atoms with Gasteiger partial charge in [-0.3, -0.25) is 4.79 Å². The van der Waals surface area contributed by atoms with Gasteiger partial charge < -0.3 is 15.2 Å². The van der Waals surface area contributed by atoms with Crippen LogP contribution in [0.5, 0.6) is 0 Å². The van der Waals surface area contributed by atoms with E-state index in [1.807, 2.05) is 11.4 Å². The van der Waals surface area contributed by atoms with Crippen LogP contribution < -0.4 is 10.2 Å². The number of alkyl halides is 3. The SMILES string of the molecule is O=C(NCC(F)(F)F)[C@H]1CCCN1c1nc(-c2c[nH]c3ncccc23)ncc1F. The van der Waals surface area contributed by atoms with Crippen molar-refractivity contribution in [3.8, 4) is 11.4 Å². The summed E-state index contributed by atoms with van der Waals surface area (Å²) in [6.45, 7) is -1.14. The predicted octanol–water partition coefficient (Wildman–Crippen LogP) is 2.81. The Kier molecular flexibility index (Phi) is 4.81. The Hall–Kier alpha value is -3.24. The average molecular weight is 408 g/mol. The van der Waals surface area contributed by atoms with Crippen LogP contribution >= 0.6 is 0 Å². The van der Waals surface area contributed by atoms with Gasteiger partial charge in [0.25, 0.3) is 0 Å². The molecule has 7 nitrogen and oxygen atoms in total. The molecule has 2 N–H and O–H groups in total. The lowest BCUT2D eigenvalue weighted by Gasteiger charge is -2.25. The number of carbonyl (C=O) groups excluding carboxylic acids is 1. The molecule has 3 aromatic heterocycles. The number of fused-ring (bicyclic) bond motifs is 1. The Balaban J connectivity index is 1.64. The summed E-state index contributed by atoms with van der Waals surface area (Å²) in [7, 11) is 0. The maximum absolute atomic E-state index is 14.5. The van der Waals surface area contributed by atoms with E-state index in [4.69, 9.17) is 0 Å². The molecule has 29 heavy (non-hydrogen) atoms. The minimum absolute atomic E-state index is 0.113. The average Bonchev–Trinajstić information content (AvgIpc) is 3.33. The molecule has 0 bridgehead atoms. The van der Waals surface area contributed by atoms with Crippen molar-refractivity contribution in [2.75, 3.05) is 18.0 Å². The number of nitrogens with one attached hydrogen (secondary N) is 2. The zero-order chi connectivity index (χ0) is 20.6. The lowest BCUT2D eigenvalue weighted by atomic mass is 10.2. The Morgan fingerprint density at radius 2 is 2.17 bits per heavy atom. The van der Waals surface area contributed by atoms with Crippen molar-refractivity contribution in [1.82, 2.24) is 25.3 Å². The highest BCUT2D eigenvalue weighted by molar-refractivity contribution is 5.91. The van der Waals surface area contributed by atoms with E-state index in [0.717, 1.165) is 11.6 Å². The number of aromatic amines is 1. The van der Waals surface area contributed by atoms with Crippen molar-refractivity contribution in [2.24, 2.45) is 0 Å². The molecule has 1 saturated heterocycles. The second kappa shape index (κ2) is 7.30. The van der Waals surface area contributed by atoms with Gasteiger partial charge in [0.1, 0.15) is 18.2 Å². The van der Waals surface area contributed by atoms with Gasteiger partial charge in [-0.2, -0.15) is 13.2 Å². The van der Waals surface area contributed by atoms with Crippen LogP contribution in [0.3, 0.4) is 0 Å². The summed E-state index contributed by atoms with van der Waals surface area (Å²) in [5, 5.41) is 2.61. The normalized spacial score (nSPS) is 17.1. The van der Waals surface area contributed by atoms with Crippen molar-refractivity contribution in [3.05, 3.63) is 36.5 Å². The molecule has 0 radical (unpaired) electrons. The second-order valence-corrected chi connectivity index (χ2v) is 6.65. The third-order valence-electron chi connectivity index (χ3n) is 4.71. The molecule has 0 aliphatic carbocycles. The smallest absolute Gasteiger partial charge is 0.345 e. The first-order chi connectivity index (χ1) is 13.8. The fourth-order valence-corrected chi connectivity index (χ4v) is 3.43. The van der Waals surface area contributed by atoms with Crippen molar-refractivity contribution < 1.29 is 22.4 Å². The molecule has 1 aliphatic rings. The summed E-state index contributed by atoms with van der Waals surface area (Å²) < 4.78 is 51.7. The number of aromatic nitrogens is 4. The maximum Gasteiger partial charge on any atom is 0.405 e. The van der Waals surface area contributed by atoms with Gasteiger partial charge in [-0.15, -0.1) is 0 Å². The lowest BCUT2D eigenvalue weighted by Crippen LogP contribution is -2.46. The van der Waals surface area contributed by atoms with Crippen LogP contribution in [-0.4, -0.2) is 51.2 Å². The first kappa shape index (κ1) is 19.1. The van der Waals surface area contributed by atoms with E-state index in [-0.39, 0.29) is 11.6 Å². The van der Waals surface area contributed by atoms with Gasteiger partial charge in [-0.1, -0.05) is 0 Å². The monoisotopic (exact) mass is 408 g/mol. The maximum atomic E-state index is 14.5. The van der Waals surface area contributed by atoms with Gasteiger partial charge in [0.2, 0.25) is 5.91 Å². The standard InChI is InChI=1S/C18H16F4N6O/c19-12-8-25-15(11-7-24-14-10(11)3-1-5-23-14)27-16(12)28-6-2-4-13(28)17(29)26-9-18(20,21)22/h1,3,5,7-8,13H,2,4,6,9H2,(H,23,24)(H,26,29)/t13-/m1/s1. The first-order valence-corrected chi connectivity index (χ1v) is 8.89. The third-order valence-corrected chi connectivity index (χ3v) is 4.71. The highest BCUT2D eigenvalue weighted by Gasteiger charge is 2.36. The molecule has 4 rings (SSSR count). The summed E-state index contributed by atoms with van der Waals surface area (Å²) in [5.41, 5.74) is 1.22. The van der Waals surface area contributed by atoms with Crippen LogP contribution in [0, 0.1) is 5.82 Å². The van der Waals surface area contributed by atoms with Crippen LogP contribution in [0.4, 0.5) is 23.4 Å². The third kappa shape index (κ3) is 3.84. The van der Waals surface area contributed by atoms with Crippen molar-refractivity contribution in [1.29, 1.82) is 0 Å². The fraction of sp³-hybridized carbons (Fsp3) is 0.333.